The zero-order valence-corrected chi connectivity index (χ0v) is 10.0. The van der Waals surface area contributed by atoms with E-state index in [0.717, 1.165) is 5.52 Å². The summed E-state index contributed by atoms with van der Waals surface area (Å²) in [4.78, 5) is 24.3. The zero-order valence-electron chi connectivity index (χ0n) is 9.20. The van der Waals surface area contributed by atoms with Crippen LogP contribution in [-0.4, -0.2) is 20.9 Å². The number of anilines is 1. The minimum atomic E-state index is -0.268. The van der Waals surface area contributed by atoms with E-state index in [4.69, 9.17) is 0 Å². The van der Waals surface area contributed by atoms with Crippen LogP contribution in [0.25, 0.3) is 11.0 Å². The van der Waals surface area contributed by atoms with Crippen molar-refractivity contribution in [3.63, 3.8) is 0 Å². The molecule has 18 heavy (non-hydrogen) atoms. The SMILES string of the molecule is O=C(Nc1nccs1)c1ccc2ncccc2n1. The van der Waals surface area contributed by atoms with Crippen LogP contribution in [0.5, 0.6) is 0 Å². The van der Waals surface area contributed by atoms with Crippen LogP contribution < -0.4 is 5.32 Å². The molecule has 0 unspecified atom stereocenters. The number of hydrogen-bond acceptors (Lipinski definition) is 5. The second-order valence-corrected chi connectivity index (χ2v) is 4.42. The standard InChI is InChI=1S/C12H8N4OS/c17-11(16-12-14-6-7-18-12)10-4-3-8-9(15-10)2-1-5-13-8/h1-7H,(H,14,16,17). The highest BCUT2D eigenvalue weighted by Crippen LogP contribution is 2.13. The van der Waals surface area contributed by atoms with Crippen molar-refractivity contribution in [2.75, 3.05) is 5.32 Å². The predicted molar refractivity (Wildman–Crippen MR) is 69.6 cm³/mol. The molecule has 88 valence electrons. The molecule has 6 heteroatoms. The van der Waals surface area contributed by atoms with E-state index >= 15 is 0 Å². The highest BCUT2D eigenvalue weighted by atomic mass is 32.1. The van der Waals surface area contributed by atoms with Crippen molar-refractivity contribution in [2.45, 2.75) is 0 Å². The van der Waals surface area contributed by atoms with Crippen molar-refractivity contribution in [3.8, 4) is 0 Å². The molecule has 1 N–H and O–H groups in total. The molecule has 5 nitrogen and oxygen atoms in total. The van der Waals surface area contributed by atoms with E-state index < -0.39 is 0 Å². The zero-order chi connectivity index (χ0) is 12.4. The van der Waals surface area contributed by atoms with Gasteiger partial charge in [-0.3, -0.25) is 15.1 Å². The quantitative estimate of drug-likeness (QED) is 0.764. The number of carbonyl (C=O) groups excluding carboxylic acids is 1. The largest absolute Gasteiger partial charge is 0.296 e. The summed E-state index contributed by atoms with van der Waals surface area (Å²) < 4.78 is 0. The van der Waals surface area contributed by atoms with Gasteiger partial charge in [0, 0.05) is 17.8 Å². The van der Waals surface area contributed by atoms with Gasteiger partial charge in [-0.05, 0) is 24.3 Å². The molecule has 0 aromatic carbocycles. The van der Waals surface area contributed by atoms with Crippen LogP contribution in [0.15, 0.2) is 42.0 Å². The van der Waals surface area contributed by atoms with E-state index in [2.05, 4.69) is 20.3 Å². The number of fused-ring (bicyclic) bond motifs is 1. The number of aromatic nitrogens is 3. The average Bonchev–Trinajstić information content (AvgIpc) is 2.91. The highest BCUT2D eigenvalue weighted by Gasteiger charge is 2.09. The second kappa shape index (κ2) is 4.50. The molecule has 0 aliphatic rings. The fourth-order valence-corrected chi connectivity index (χ4v) is 2.05. The summed E-state index contributed by atoms with van der Waals surface area (Å²) in [6, 6.07) is 7.04. The van der Waals surface area contributed by atoms with Crippen LogP contribution in [0.2, 0.25) is 0 Å². The molecule has 0 radical (unpaired) electrons. The van der Waals surface area contributed by atoms with Crippen molar-refractivity contribution in [3.05, 3.63) is 47.7 Å². The van der Waals surface area contributed by atoms with Crippen molar-refractivity contribution in [2.24, 2.45) is 0 Å². The van der Waals surface area contributed by atoms with Gasteiger partial charge in [0.2, 0.25) is 0 Å². The molecule has 0 spiro atoms. The predicted octanol–water partition coefficient (Wildman–Crippen LogP) is 2.34. The molecule has 1 amide bonds. The van der Waals surface area contributed by atoms with E-state index in [1.807, 2.05) is 6.07 Å². The number of hydrogen-bond donors (Lipinski definition) is 1. The van der Waals surface area contributed by atoms with Gasteiger partial charge in [0.1, 0.15) is 5.69 Å². The molecule has 0 aliphatic heterocycles. The van der Waals surface area contributed by atoms with Gasteiger partial charge in [-0.15, -0.1) is 11.3 Å². The molecule has 3 rings (SSSR count). The first kappa shape index (κ1) is 10.8. The fraction of sp³-hybridized carbons (Fsp3) is 0. The summed E-state index contributed by atoms with van der Waals surface area (Å²) in [7, 11) is 0. The summed E-state index contributed by atoms with van der Waals surface area (Å²) in [5.41, 5.74) is 1.82. The molecule has 0 saturated carbocycles. The van der Waals surface area contributed by atoms with Crippen molar-refractivity contribution >= 4 is 33.4 Å². The highest BCUT2D eigenvalue weighted by molar-refractivity contribution is 7.13. The summed E-state index contributed by atoms with van der Waals surface area (Å²) in [5.74, 6) is -0.268. The lowest BCUT2D eigenvalue weighted by atomic mass is 10.2. The van der Waals surface area contributed by atoms with Crippen LogP contribution in [0.4, 0.5) is 5.13 Å². The van der Waals surface area contributed by atoms with Crippen molar-refractivity contribution in [1.29, 1.82) is 0 Å². The lowest BCUT2D eigenvalue weighted by molar-refractivity contribution is 0.102. The van der Waals surface area contributed by atoms with E-state index in [1.165, 1.54) is 11.3 Å². The van der Waals surface area contributed by atoms with E-state index in [-0.39, 0.29) is 5.91 Å². The molecular weight excluding hydrogens is 248 g/mol. The van der Waals surface area contributed by atoms with Crippen LogP contribution >= 0.6 is 11.3 Å². The molecule has 3 heterocycles. The Bertz CT molecular complexity index is 696. The van der Waals surface area contributed by atoms with Crippen molar-refractivity contribution < 1.29 is 4.79 Å². The smallest absolute Gasteiger partial charge is 0.276 e. The van der Waals surface area contributed by atoms with E-state index in [1.54, 1.807) is 36.0 Å². The first-order valence-electron chi connectivity index (χ1n) is 5.25. The Morgan fingerprint density at radius 3 is 2.89 bits per heavy atom. The average molecular weight is 256 g/mol. The van der Waals surface area contributed by atoms with E-state index in [9.17, 15) is 4.79 Å². The Balaban J connectivity index is 1.92. The topological polar surface area (TPSA) is 67.8 Å². The molecule has 0 bridgehead atoms. The third-order valence-corrected chi connectivity index (χ3v) is 3.03. The minimum absolute atomic E-state index is 0.268. The first-order valence-corrected chi connectivity index (χ1v) is 6.13. The maximum atomic E-state index is 11.9. The number of thiazole rings is 1. The Kier molecular flexibility index (Phi) is 2.70. The lowest BCUT2D eigenvalue weighted by Gasteiger charge is -2.02. The molecular formula is C12H8N4OS. The normalized spacial score (nSPS) is 10.4. The summed E-state index contributed by atoms with van der Waals surface area (Å²) in [5, 5.41) is 5.05. The van der Waals surface area contributed by atoms with Crippen LogP contribution in [0.1, 0.15) is 10.5 Å². The third-order valence-electron chi connectivity index (χ3n) is 2.34. The van der Waals surface area contributed by atoms with Gasteiger partial charge in [0.25, 0.3) is 5.91 Å². The maximum absolute atomic E-state index is 11.9. The molecule has 0 atom stereocenters. The van der Waals surface area contributed by atoms with Gasteiger partial charge in [-0.1, -0.05) is 0 Å². The van der Waals surface area contributed by atoms with Crippen molar-refractivity contribution in [1.82, 2.24) is 15.0 Å². The Labute approximate surface area is 107 Å². The Morgan fingerprint density at radius 1 is 1.11 bits per heavy atom. The number of nitrogens with zero attached hydrogens (tertiary/aromatic N) is 3. The summed E-state index contributed by atoms with van der Waals surface area (Å²) in [6.07, 6.45) is 3.33. The van der Waals surface area contributed by atoms with Gasteiger partial charge >= 0.3 is 0 Å². The Hall–Kier alpha value is -2.34. The van der Waals surface area contributed by atoms with Gasteiger partial charge < -0.3 is 0 Å². The first-order chi connectivity index (χ1) is 8.83. The van der Waals surface area contributed by atoms with Gasteiger partial charge in [-0.2, -0.15) is 0 Å². The van der Waals surface area contributed by atoms with Crippen LogP contribution in [0.3, 0.4) is 0 Å². The van der Waals surface area contributed by atoms with Gasteiger partial charge in [0.05, 0.1) is 11.0 Å². The monoisotopic (exact) mass is 256 g/mol. The van der Waals surface area contributed by atoms with E-state index in [0.29, 0.717) is 16.3 Å². The number of amides is 1. The summed E-state index contributed by atoms with van der Waals surface area (Å²) >= 11 is 1.37. The number of carbonyl (C=O) groups is 1. The number of pyridine rings is 2. The molecule has 3 aromatic rings. The minimum Gasteiger partial charge on any atom is -0.296 e. The van der Waals surface area contributed by atoms with Gasteiger partial charge in [0.15, 0.2) is 5.13 Å². The number of rotatable bonds is 2. The molecule has 0 saturated heterocycles. The fourth-order valence-electron chi connectivity index (χ4n) is 1.53. The van der Waals surface area contributed by atoms with Crippen LogP contribution in [-0.2, 0) is 0 Å². The maximum Gasteiger partial charge on any atom is 0.276 e. The molecule has 0 aliphatic carbocycles. The second-order valence-electron chi connectivity index (χ2n) is 3.53. The molecule has 3 aromatic heterocycles. The van der Waals surface area contributed by atoms with Crippen LogP contribution in [0, 0.1) is 0 Å². The summed E-state index contributed by atoms with van der Waals surface area (Å²) in [6.45, 7) is 0. The Morgan fingerprint density at radius 2 is 2.06 bits per heavy atom. The van der Waals surface area contributed by atoms with Gasteiger partial charge in [-0.25, -0.2) is 9.97 Å². The lowest BCUT2D eigenvalue weighted by Crippen LogP contribution is -2.13. The number of nitrogens with one attached hydrogen (secondary N) is 1. The molecule has 0 fully saturated rings. The third kappa shape index (κ3) is 2.05.